The predicted octanol–water partition coefficient (Wildman–Crippen LogP) is 2.47. The van der Waals surface area contributed by atoms with Gasteiger partial charge >= 0.3 is 0 Å². The first-order chi connectivity index (χ1) is 8.62. The molecule has 0 saturated carbocycles. The van der Waals surface area contributed by atoms with E-state index in [0.717, 1.165) is 18.5 Å². The molecular formula is C14H21N3O. The van der Waals surface area contributed by atoms with Crippen LogP contribution in [-0.2, 0) is 0 Å². The molecule has 0 amide bonds. The van der Waals surface area contributed by atoms with Crippen LogP contribution >= 0.6 is 0 Å². The number of aliphatic hydroxyl groups is 1. The molecule has 18 heavy (non-hydrogen) atoms. The highest BCUT2D eigenvalue weighted by molar-refractivity contribution is 5.52. The zero-order chi connectivity index (χ0) is 13.5. The lowest BCUT2D eigenvalue weighted by Gasteiger charge is -2.20. The first-order valence-electron chi connectivity index (χ1n) is 6.42. The third kappa shape index (κ3) is 3.71. The maximum atomic E-state index is 10.0. The van der Waals surface area contributed by atoms with Gasteiger partial charge in [-0.1, -0.05) is 26.7 Å². The summed E-state index contributed by atoms with van der Waals surface area (Å²) in [5.74, 6) is 0.843. The van der Waals surface area contributed by atoms with Crippen molar-refractivity contribution in [1.29, 1.82) is 5.26 Å². The normalized spacial score (nSPS) is 12.2. The van der Waals surface area contributed by atoms with Crippen LogP contribution in [0.25, 0.3) is 0 Å². The summed E-state index contributed by atoms with van der Waals surface area (Å²) >= 11 is 0. The van der Waals surface area contributed by atoms with E-state index in [1.165, 1.54) is 0 Å². The molecular weight excluding hydrogens is 226 g/mol. The average molecular weight is 247 g/mol. The summed E-state index contributed by atoms with van der Waals surface area (Å²) < 4.78 is 0. The van der Waals surface area contributed by atoms with Crippen LogP contribution in [0.15, 0.2) is 12.1 Å². The van der Waals surface area contributed by atoms with Crippen molar-refractivity contribution in [3.63, 3.8) is 0 Å². The van der Waals surface area contributed by atoms with Gasteiger partial charge in [0.15, 0.2) is 0 Å². The Hall–Kier alpha value is -1.60. The molecule has 1 rings (SSSR count). The van der Waals surface area contributed by atoms with E-state index in [0.29, 0.717) is 17.9 Å². The number of nitrogens with one attached hydrogen (secondary N) is 1. The second-order valence-electron chi connectivity index (χ2n) is 4.49. The Morgan fingerprint density at radius 2 is 2.06 bits per heavy atom. The van der Waals surface area contributed by atoms with E-state index >= 15 is 0 Å². The van der Waals surface area contributed by atoms with Crippen molar-refractivity contribution in [2.45, 2.75) is 39.7 Å². The molecule has 0 spiro atoms. The standard InChI is InChI=1S/C14H21N3O/c1-4-11(5-2)13(18)9-16-14-12(8-15)7-6-10(3)17-14/h6-7,11,13,18H,4-5,9H2,1-3H3,(H,16,17). The Labute approximate surface area is 109 Å². The summed E-state index contributed by atoms with van der Waals surface area (Å²) in [5, 5.41) is 22.1. The Bertz CT molecular complexity index is 422. The summed E-state index contributed by atoms with van der Waals surface area (Å²) in [4.78, 5) is 4.28. The van der Waals surface area contributed by atoms with E-state index in [1.807, 2.05) is 6.92 Å². The van der Waals surface area contributed by atoms with Crippen LogP contribution < -0.4 is 5.32 Å². The van der Waals surface area contributed by atoms with Crippen LogP contribution in [0, 0.1) is 24.2 Å². The molecule has 0 aromatic carbocycles. The third-order valence-electron chi connectivity index (χ3n) is 3.23. The van der Waals surface area contributed by atoms with Crippen LogP contribution in [0.3, 0.4) is 0 Å². The number of nitrogens with zero attached hydrogens (tertiary/aromatic N) is 2. The number of anilines is 1. The van der Waals surface area contributed by atoms with Crippen molar-refractivity contribution in [2.24, 2.45) is 5.92 Å². The molecule has 0 saturated heterocycles. The van der Waals surface area contributed by atoms with Crippen molar-refractivity contribution in [3.8, 4) is 6.07 Å². The van der Waals surface area contributed by atoms with E-state index in [1.54, 1.807) is 12.1 Å². The SMILES string of the molecule is CCC(CC)C(O)CNc1nc(C)ccc1C#N. The minimum atomic E-state index is -0.408. The number of aryl methyl sites for hydroxylation is 1. The number of hydrogen-bond acceptors (Lipinski definition) is 4. The van der Waals surface area contributed by atoms with Crippen LogP contribution in [0.1, 0.15) is 37.9 Å². The smallest absolute Gasteiger partial charge is 0.144 e. The van der Waals surface area contributed by atoms with Crippen LogP contribution in [0.5, 0.6) is 0 Å². The minimum Gasteiger partial charge on any atom is -0.391 e. The largest absolute Gasteiger partial charge is 0.391 e. The van der Waals surface area contributed by atoms with Gasteiger partial charge in [0.25, 0.3) is 0 Å². The molecule has 0 aliphatic rings. The first kappa shape index (κ1) is 14.5. The molecule has 1 heterocycles. The Kier molecular flexibility index (Phi) is 5.60. The van der Waals surface area contributed by atoms with Crippen molar-refractivity contribution in [1.82, 2.24) is 4.98 Å². The molecule has 0 radical (unpaired) electrons. The zero-order valence-electron chi connectivity index (χ0n) is 11.3. The average Bonchev–Trinajstić information content (AvgIpc) is 2.38. The highest BCUT2D eigenvalue weighted by Crippen LogP contribution is 2.16. The fourth-order valence-corrected chi connectivity index (χ4v) is 1.98. The lowest BCUT2D eigenvalue weighted by molar-refractivity contribution is 0.114. The number of aromatic nitrogens is 1. The number of aliphatic hydroxyl groups excluding tert-OH is 1. The lowest BCUT2D eigenvalue weighted by Crippen LogP contribution is -2.28. The molecule has 1 unspecified atom stereocenters. The highest BCUT2D eigenvalue weighted by atomic mass is 16.3. The van der Waals surface area contributed by atoms with E-state index < -0.39 is 6.10 Å². The van der Waals surface area contributed by atoms with E-state index in [4.69, 9.17) is 5.26 Å². The molecule has 0 aliphatic heterocycles. The maximum Gasteiger partial charge on any atom is 0.144 e. The van der Waals surface area contributed by atoms with Gasteiger partial charge in [0.2, 0.25) is 0 Å². The molecule has 98 valence electrons. The van der Waals surface area contributed by atoms with Crippen molar-refractivity contribution < 1.29 is 5.11 Å². The van der Waals surface area contributed by atoms with E-state index in [2.05, 4.69) is 30.2 Å². The van der Waals surface area contributed by atoms with Gasteiger partial charge in [0.05, 0.1) is 11.7 Å². The second-order valence-corrected chi connectivity index (χ2v) is 4.49. The molecule has 0 bridgehead atoms. The van der Waals surface area contributed by atoms with Crippen LogP contribution in [0.4, 0.5) is 5.82 Å². The van der Waals surface area contributed by atoms with Gasteiger partial charge in [-0.3, -0.25) is 0 Å². The van der Waals surface area contributed by atoms with Crippen molar-refractivity contribution in [2.75, 3.05) is 11.9 Å². The van der Waals surface area contributed by atoms with Gasteiger partial charge in [-0.05, 0) is 25.0 Å². The highest BCUT2D eigenvalue weighted by Gasteiger charge is 2.15. The monoisotopic (exact) mass is 247 g/mol. The fourth-order valence-electron chi connectivity index (χ4n) is 1.98. The Morgan fingerprint density at radius 1 is 1.39 bits per heavy atom. The quantitative estimate of drug-likeness (QED) is 0.810. The maximum absolute atomic E-state index is 10.0. The van der Waals surface area contributed by atoms with Gasteiger partial charge < -0.3 is 10.4 Å². The summed E-state index contributed by atoms with van der Waals surface area (Å²) in [6.07, 6.45) is 1.49. The topological polar surface area (TPSA) is 68.9 Å². The predicted molar refractivity (Wildman–Crippen MR) is 72.3 cm³/mol. The van der Waals surface area contributed by atoms with Crippen molar-refractivity contribution >= 4 is 5.82 Å². The van der Waals surface area contributed by atoms with E-state index in [9.17, 15) is 5.11 Å². The molecule has 1 aromatic rings. The summed E-state index contributed by atoms with van der Waals surface area (Å²) in [6, 6.07) is 5.65. The molecule has 1 aromatic heterocycles. The number of rotatable bonds is 6. The number of nitriles is 1. The molecule has 1 atom stereocenters. The molecule has 2 N–H and O–H groups in total. The zero-order valence-corrected chi connectivity index (χ0v) is 11.3. The lowest BCUT2D eigenvalue weighted by atomic mass is 9.96. The van der Waals surface area contributed by atoms with Crippen LogP contribution in [0.2, 0.25) is 0 Å². The van der Waals surface area contributed by atoms with Crippen LogP contribution in [-0.4, -0.2) is 22.7 Å². The van der Waals surface area contributed by atoms with Gasteiger partial charge in [-0.2, -0.15) is 5.26 Å². The van der Waals surface area contributed by atoms with Gasteiger partial charge in [0, 0.05) is 12.2 Å². The number of hydrogen-bond donors (Lipinski definition) is 2. The van der Waals surface area contributed by atoms with E-state index in [-0.39, 0.29) is 5.92 Å². The Morgan fingerprint density at radius 3 is 2.61 bits per heavy atom. The first-order valence-corrected chi connectivity index (χ1v) is 6.42. The van der Waals surface area contributed by atoms with Gasteiger partial charge in [0.1, 0.15) is 11.9 Å². The minimum absolute atomic E-state index is 0.285. The summed E-state index contributed by atoms with van der Waals surface area (Å²) in [6.45, 7) is 6.45. The summed E-state index contributed by atoms with van der Waals surface area (Å²) in [5.41, 5.74) is 1.37. The summed E-state index contributed by atoms with van der Waals surface area (Å²) in [7, 11) is 0. The second kappa shape index (κ2) is 6.97. The molecule has 4 nitrogen and oxygen atoms in total. The molecule has 0 aliphatic carbocycles. The fraction of sp³-hybridized carbons (Fsp3) is 0.571. The third-order valence-corrected chi connectivity index (χ3v) is 3.23. The van der Waals surface area contributed by atoms with Gasteiger partial charge in [-0.15, -0.1) is 0 Å². The Balaban J connectivity index is 2.68. The molecule has 0 fully saturated rings. The number of pyridine rings is 1. The molecule has 4 heteroatoms. The van der Waals surface area contributed by atoms with Gasteiger partial charge in [-0.25, -0.2) is 4.98 Å². The van der Waals surface area contributed by atoms with Crippen molar-refractivity contribution in [3.05, 3.63) is 23.4 Å².